The van der Waals surface area contributed by atoms with Crippen LogP contribution < -0.4 is 4.90 Å². The lowest BCUT2D eigenvalue weighted by Gasteiger charge is -2.40. The van der Waals surface area contributed by atoms with Gasteiger partial charge in [-0.2, -0.15) is 13.2 Å². The molecule has 3 heterocycles. The van der Waals surface area contributed by atoms with Crippen LogP contribution in [-0.4, -0.2) is 66.0 Å². The van der Waals surface area contributed by atoms with Gasteiger partial charge in [0.05, 0.1) is 16.6 Å². The van der Waals surface area contributed by atoms with E-state index in [0.29, 0.717) is 32.0 Å². The number of pyridine rings is 1. The first-order chi connectivity index (χ1) is 12.8. The number of piperazine rings is 1. The van der Waals surface area contributed by atoms with Crippen molar-refractivity contribution in [1.82, 2.24) is 14.8 Å². The Hall–Kier alpha value is -1.54. The minimum Gasteiger partial charge on any atom is -0.353 e. The van der Waals surface area contributed by atoms with Crippen LogP contribution in [0.4, 0.5) is 19.0 Å². The summed E-state index contributed by atoms with van der Waals surface area (Å²) >= 11 is 6.04. The zero-order valence-electron chi connectivity index (χ0n) is 15.3. The van der Waals surface area contributed by atoms with E-state index >= 15 is 0 Å². The highest BCUT2D eigenvalue weighted by atomic mass is 35.5. The number of carbonyl (C=O) groups is 1. The predicted molar refractivity (Wildman–Crippen MR) is 97.9 cm³/mol. The third kappa shape index (κ3) is 4.66. The van der Waals surface area contributed by atoms with Crippen molar-refractivity contribution in [1.29, 1.82) is 0 Å². The van der Waals surface area contributed by atoms with Gasteiger partial charge >= 0.3 is 6.18 Å². The van der Waals surface area contributed by atoms with Crippen molar-refractivity contribution in [3.8, 4) is 0 Å². The van der Waals surface area contributed by atoms with E-state index in [1.54, 1.807) is 0 Å². The molecule has 1 aromatic heterocycles. The van der Waals surface area contributed by atoms with Crippen LogP contribution in [0, 0.1) is 0 Å². The van der Waals surface area contributed by atoms with E-state index in [-0.39, 0.29) is 17.0 Å². The molecular formula is C18H24ClF3N4O. The van der Waals surface area contributed by atoms with Crippen LogP contribution >= 0.6 is 11.6 Å². The van der Waals surface area contributed by atoms with Crippen LogP contribution in [0.25, 0.3) is 0 Å². The molecule has 27 heavy (non-hydrogen) atoms. The summed E-state index contributed by atoms with van der Waals surface area (Å²) in [6.45, 7) is 5.99. The Morgan fingerprint density at radius 1 is 1.11 bits per heavy atom. The van der Waals surface area contributed by atoms with E-state index in [2.05, 4.69) is 9.88 Å². The molecule has 0 aliphatic carbocycles. The summed E-state index contributed by atoms with van der Waals surface area (Å²) in [6.07, 6.45) is -0.347. The van der Waals surface area contributed by atoms with Gasteiger partial charge in [-0.15, -0.1) is 0 Å². The van der Waals surface area contributed by atoms with E-state index in [1.165, 1.54) is 6.42 Å². The van der Waals surface area contributed by atoms with E-state index < -0.39 is 11.7 Å². The van der Waals surface area contributed by atoms with Crippen LogP contribution in [0.3, 0.4) is 0 Å². The summed E-state index contributed by atoms with van der Waals surface area (Å²) in [5, 5.41) is -0.00397. The minimum atomic E-state index is -4.46. The Labute approximate surface area is 162 Å². The molecule has 1 atom stereocenters. The van der Waals surface area contributed by atoms with Crippen molar-refractivity contribution in [2.45, 2.75) is 38.4 Å². The lowest BCUT2D eigenvalue weighted by molar-refractivity contribution is -0.138. The molecule has 2 fully saturated rings. The summed E-state index contributed by atoms with van der Waals surface area (Å²) in [4.78, 5) is 22.5. The maximum atomic E-state index is 12.8. The van der Waals surface area contributed by atoms with Crippen LogP contribution in [0.1, 0.15) is 31.7 Å². The number of alkyl halides is 3. The van der Waals surface area contributed by atoms with Crippen molar-refractivity contribution < 1.29 is 18.0 Å². The lowest BCUT2D eigenvalue weighted by Crippen LogP contribution is -2.55. The fourth-order valence-electron chi connectivity index (χ4n) is 3.67. The van der Waals surface area contributed by atoms with Gasteiger partial charge in [-0.3, -0.25) is 9.69 Å². The number of piperidine rings is 1. The van der Waals surface area contributed by atoms with E-state index in [4.69, 9.17) is 11.6 Å². The number of aromatic nitrogens is 1. The van der Waals surface area contributed by atoms with Gasteiger partial charge in [0.1, 0.15) is 5.82 Å². The Balaban J connectivity index is 1.59. The number of anilines is 1. The van der Waals surface area contributed by atoms with Gasteiger partial charge < -0.3 is 9.80 Å². The molecule has 2 aliphatic heterocycles. The maximum Gasteiger partial charge on any atom is 0.417 e. The molecule has 1 aromatic rings. The van der Waals surface area contributed by atoms with Crippen LogP contribution in [0.15, 0.2) is 12.3 Å². The summed E-state index contributed by atoms with van der Waals surface area (Å²) in [7, 11) is 0. The van der Waals surface area contributed by atoms with Crippen molar-refractivity contribution in [3.05, 3.63) is 22.8 Å². The average molecular weight is 405 g/mol. The number of hydrogen-bond donors (Lipinski definition) is 0. The number of amides is 1. The molecule has 0 aromatic carbocycles. The minimum absolute atomic E-state index is 0.00397. The fourth-order valence-corrected chi connectivity index (χ4v) is 3.96. The zero-order valence-corrected chi connectivity index (χ0v) is 16.1. The second-order valence-corrected chi connectivity index (χ2v) is 7.52. The van der Waals surface area contributed by atoms with E-state index in [0.717, 1.165) is 38.2 Å². The van der Waals surface area contributed by atoms with Crippen molar-refractivity contribution in [2.24, 2.45) is 0 Å². The smallest absolute Gasteiger partial charge is 0.353 e. The number of rotatable bonds is 3. The molecule has 150 valence electrons. The largest absolute Gasteiger partial charge is 0.417 e. The molecule has 0 N–H and O–H groups in total. The van der Waals surface area contributed by atoms with Crippen LogP contribution in [0.2, 0.25) is 5.02 Å². The van der Waals surface area contributed by atoms with Crippen molar-refractivity contribution >= 4 is 23.3 Å². The highest BCUT2D eigenvalue weighted by molar-refractivity contribution is 6.33. The number of likely N-dealkylation sites (tertiary alicyclic amines) is 1. The molecular weight excluding hydrogens is 381 g/mol. The monoisotopic (exact) mass is 404 g/mol. The molecule has 1 amide bonds. The first-order valence-electron chi connectivity index (χ1n) is 9.28. The second kappa shape index (κ2) is 8.22. The predicted octanol–water partition coefficient (Wildman–Crippen LogP) is 3.28. The van der Waals surface area contributed by atoms with Crippen molar-refractivity contribution in [2.75, 3.05) is 44.2 Å². The number of carbonyl (C=O) groups excluding carboxylic acids is 1. The first-order valence-corrected chi connectivity index (χ1v) is 9.65. The van der Waals surface area contributed by atoms with E-state index in [1.807, 2.05) is 16.7 Å². The highest BCUT2D eigenvalue weighted by Gasteiger charge is 2.33. The third-order valence-electron chi connectivity index (χ3n) is 5.34. The van der Waals surface area contributed by atoms with Crippen molar-refractivity contribution in [3.63, 3.8) is 0 Å². The summed E-state index contributed by atoms with van der Waals surface area (Å²) in [5.74, 6) is 0.521. The van der Waals surface area contributed by atoms with Gasteiger partial charge in [0.15, 0.2) is 0 Å². The summed E-state index contributed by atoms with van der Waals surface area (Å²) in [5.41, 5.74) is -0.851. The Morgan fingerprint density at radius 2 is 1.74 bits per heavy atom. The van der Waals surface area contributed by atoms with Gasteiger partial charge in [0.25, 0.3) is 0 Å². The van der Waals surface area contributed by atoms with E-state index in [9.17, 15) is 18.0 Å². The van der Waals surface area contributed by atoms with Gasteiger partial charge in [-0.25, -0.2) is 4.98 Å². The Bertz CT molecular complexity index is 671. The van der Waals surface area contributed by atoms with Crippen LogP contribution in [0.5, 0.6) is 0 Å². The molecule has 3 rings (SSSR count). The topological polar surface area (TPSA) is 39.7 Å². The lowest BCUT2D eigenvalue weighted by atomic mass is 10.1. The maximum absolute atomic E-state index is 12.8. The molecule has 2 aliphatic rings. The molecule has 0 spiro atoms. The Morgan fingerprint density at radius 3 is 2.30 bits per heavy atom. The molecule has 0 saturated carbocycles. The van der Waals surface area contributed by atoms with Gasteiger partial charge in [0.2, 0.25) is 5.91 Å². The number of hydrogen-bond acceptors (Lipinski definition) is 4. The average Bonchev–Trinajstić information content (AvgIpc) is 2.67. The molecule has 5 nitrogen and oxygen atoms in total. The third-order valence-corrected chi connectivity index (χ3v) is 5.61. The number of halogens is 4. The standard InChI is InChI=1S/C18H24ClF3N4O/c1-13(17(27)26-5-3-2-4-6-26)24-7-9-25(10-8-24)16-15(19)11-14(12-23-16)18(20,21)22/h11-13H,2-10H2,1H3/t13-/m0/s1. The van der Waals surface area contributed by atoms with Gasteiger partial charge in [0, 0.05) is 45.5 Å². The second-order valence-electron chi connectivity index (χ2n) is 7.11. The molecule has 0 unspecified atom stereocenters. The fraction of sp³-hybridized carbons (Fsp3) is 0.667. The SMILES string of the molecule is C[C@@H](C(=O)N1CCCCC1)N1CCN(c2ncc(C(F)(F)F)cc2Cl)CC1. The summed E-state index contributed by atoms with van der Waals surface area (Å²) in [6, 6.07) is 0.722. The Kier molecular flexibility index (Phi) is 6.15. The van der Waals surface area contributed by atoms with Gasteiger partial charge in [-0.1, -0.05) is 11.6 Å². The summed E-state index contributed by atoms with van der Waals surface area (Å²) < 4.78 is 38.3. The molecule has 0 radical (unpaired) electrons. The van der Waals surface area contributed by atoms with Crippen LogP contribution in [-0.2, 0) is 11.0 Å². The number of nitrogens with zero attached hydrogens (tertiary/aromatic N) is 4. The normalized spacial score (nSPS) is 20.6. The molecule has 2 saturated heterocycles. The quantitative estimate of drug-likeness (QED) is 0.775. The first kappa shape index (κ1) is 20.2. The zero-order chi connectivity index (χ0) is 19.6. The molecule has 9 heteroatoms. The molecule has 0 bridgehead atoms. The van der Waals surface area contributed by atoms with Gasteiger partial charge in [-0.05, 0) is 32.3 Å². The highest BCUT2D eigenvalue weighted by Crippen LogP contribution is 2.33.